The Kier molecular flexibility index (Phi) is 2.42. The van der Waals surface area contributed by atoms with Gasteiger partial charge in [0.2, 0.25) is 5.91 Å². The van der Waals surface area contributed by atoms with Crippen LogP contribution in [0.3, 0.4) is 0 Å². The van der Waals surface area contributed by atoms with Crippen LogP contribution in [0, 0.1) is 0 Å². The number of hydrogen-bond acceptors (Lipinski definition) is 2. The molecular weight excluding hydrogens is 200 g/mol. The summed E-state index contributed by atoms with van der Waals surface area (Å²) >= 11 is 5.68. The predicted molar refractivity (Wildman–Crippen MR) is 54.2 cm³/mol. The standard InChI is InChI=1S/C10H11ClN2O/c1-13-5-4-8(10(13)14)7-2-3-9(11)12-6-7/h2-3,6,8H,4-5H2,1H3. The molecule has 2 rings (SSSR count). The average Bonchev–Trinajstić information content (AvgIpc) is 2.50. The van der Waals surface area contributed by atoms with Crippen LogP contribution >= 0.6 is 11.6 Å². The molecule has 0 N–H and O–H groups in total. The van der Waals surface area contributed by atoms with Crippen molar-refractivity contribution in [2.75, 3.05) is 13.6 Å². The van der Waals surface area contributed by atoms with Crippen LogP contribution < -0.4 is 0 Å². The Morgan fingerprint density at radius 1 is 1.57 bits per heavy atom. The van der Waals surface area contributed by atoms with Gasteiger partial charge in [-0.1, -0.05) is 17.7 Å². The number of carbonyl (C=O) groups is 1. The van der Waals surface area contributed by atoms with Crippen LogP contribution in [0.2, 0.25) is 5.15 Å². The number of pyridine rings is 1. The summed E-state index contributed by atoms with van der Waals surface area (Å²) in [5, 5.41) is 0.465. The van der Waals surface area contributed by atoms with Gasteiger partial charge < -0.3 is 4.90 Å². The maximum absolute atomic E-state index is 11.7. The second-order valence-electron chi connectivity index (χ2n) is 3.52. The largest absolute Gasteiger partial charge is 0.345 e. The van der Waals surface area contributed by atoms with Crippen molar-refractivity contribution in [3.63, 3.8) is 0 Å². The third kappa shape index (κ3) is 1.60. The number of amides is 1. The normalized spacial score (nSPS) is 21.7. The molecule has 1 unspecified atom stereocenters. The van der Waals surface area contributed by atoms with E-state index in [-0.39, 0.29) is 11.8 Å². The Labute approximate surface area is 87.7 Å². The monoisotopic (exact) mass is 210 g/mol. The maximum Gasteiger partial charge on any atom is 0.229 e. The van der Waals surface area contributed by atoms with Gasteiger partial charge in [0.15, 0.2) is 0 Å². The highest BCUT2D eigenvalue weighted by molar-refractivity contribution is 6.29. The first-order valence-corrected chi connectivity index (χ1v) is 4.92. The molecule has 1 aliphatic rings. The molecule has 3 nitrogen and oxygen atoms in total. The van der Waals surface area contributed by atoms with Crippen molar-refractivity contribution in [1.29, 1.82) is 0 Å². The highest BCUT2D eigenvalue weighted by Gasteiger charge is 2.30. The Balaban J connectivity index is 2.24. The first-order valence-electron chi connectivity index (χ1n) is 4.55. The summed E-state index contributed by atoms with van der Waals surface area (Å²) in [6, 6.07) is 3.60. The number of halogens is 1. The van der Waals surface area contributed by atoms with Crippen molar-refractivity contribution in [1.82, 2.24) is 9.88 Å². The Morgan fingerprint density at radius 2 is 2.36 bits per heavy atom. The molecule has 2 heterocycles. The predicted octanol–water partition coefficient (Wildman–Crippen LogP) is 1.68. The minimum absolute atomic E-state index is 0.0234. The number of hydrogen-bond donors (Lipinski definition) is 0. The van der Waals surface area contributed by atoms with Gasteiger partial charge in [0.25, 0.3) is 0 Å². The molecule has 0 aliphatic carbocycles. The zero-order chi connectivity index (χ0) is 10.1. The van der Waals surface area contributed by atoms with E-state index in [2.05, 4.69) is 4.98 Å². The molecule has 0 bridgehead atoms. The highest BCUT2D eigenvalue weighted by Crippen LogP contribution is 2.27. The smallest absolute Gasteiger partial charge is 0.229 e. The van der Waals surface area contributed by atoms with E-state index in [1.807, 2.05) is 13.1 Å². The fraction of sp³-hybridized carbons (Fsp3) is 0.400. The van der Waals surface area contributed by atoms with Gasteiger partial charge in [0, 0.05) is 19.8 Å². The van der Waals surface area contributed by atoms with Crippen LogP contribution in [-0.4, -0.2) is 29.4 Å². The first-order chi connectivity index (χ1) is 6.68. The minimum atomic E-state index is -0.0234. The van der Waals surface area contributed by atoms with E-state index in [4.69, 9.17) is 11.6 Å². The SMILES string of the molecule is CN1CCC(c2ccc(Cl)nc2)C1=O. The molecule has 1 fully saturated rings. The minimum Gasteiger partial charge on any atom is -0.345 e. The van der Waals surface area contributed by atoms with Crippen molar-refractivity contribution in [2.24, 2.45) is 0 Å². The number of rotatable bonds is 1. The topological polar surface area (TPSA) is 33.2 Å². The molecule has 0 spiro atoms. The molecule has 14 heavy (non-hydrogen) atoms. The third-order valence-electron chi connectivity index (χ3n) is 2.58. The summed E-state index contributed by atoms with van der Waals surface area (Å²) in [6.45, 7) is 0.826. The number of likely N-dealkylation sites (N-methyl/N-ethyl adjacent to an activating group) is 1. The third-order valence-corrected chi connectivity index (χ3v) is 2.80. The number of aromatic nitrogens is 1. The van der Waals surface area contributed by atoms with E-state index in [1.165, 1.54) is 0 Å². The summed E-state index contributed by atoms with van der Waals surface area (Å²) in [5.74, 6) is 0.152. The van der Waals surface area contributed by atoms with Gasteiger partial charge in [-0.25, -0.2) is 4.98 Å². The van der Waals surface area contributed by atoms with Gasteiger partial charge in [-0.05, 0) is 18.1 Å². The molecule has 1 atom stereocenters. The quantitative estimate of drug-likeness (QED) is 0.661. The van der Waals surface area contributed by atoms with Gasteiger partial charge in [0.05, 0.1) is 5.92 Å². The molecule has 4 heteroatoms. The number of nitrogens with zero attached hydrogens (tertiary/aromatic N) is 2. The second-order valence-corrected chi connectivity index (χ2v) is 3.90. The van der Waals surface area contributed by atoms with Crippen molar-refractivity contribution in [3.05, 3.63) is 29.0 Å². The molecule has 1 saturated heterocycles. The summed E-state index contributed by atoms with van der Waals surface area (Å²) < 4.78 is 0. The fourth-order valence-electron chi connectivity index (χ4n) is 1.73. The Morgan fingerprint density at radius 3 is 2.86 bits per heavy atom. The summed E-state index contributed by atoms with van der Waals surface area (Å²) in [4.78, 5) is 17.4. The van der Waals surface area contributed by atoms with E-state index in [9.17, 15) is 4.79 Å². The van der Waals surface area contributed by atoms with Gasteiger partial charge >= 0.3 is 0 Å². The van der Waals surface area contributed by atoms with Gasteiger partial charge in [-0.3, -0.25) is 4.79 Å². The Bertz CT molecular complexity index is 350. The van der Waals surface area contributed by atoms with Gasteiger partial charge in [0.1, 0.15) is 5.15 Å². The number of carbonyl (C=O) groups excluding carboxylic acids is 1. The lowest BCUT2D eigenvalue weighted by Crippen LogP contribution is -2.21. The molecule has 1 aromatic heterocycles. The molecule has 0 aromatic carbocycles. The molecule has 74 valence electrons. The van der Waals surface area contributed by atoms with Crippen molar-refractivity contribution in [2.45, 2.75) is 12.3 Å². The van der Waals surface area contributed by atoms with E-state index < -0.39 is 0 Å². The molecule has 0 radical (unpaired) electrons. The van der Waals surface area contributed by atoms with Crippen LogP contribution in [0.4, 0.5) is 0 Å². The lowest BCUT2D eigenvalue weighted by atomic mass is 10.00. The second kappa shape index (κ2) is 3.58. The highest BCUT2D eigenvalue weighted by atomic mass is 35.5. The molecular formula is C10H11ClN2O. The average molecular weight is 211 g/mol. The molecule has 0 saturated carbocycles. The van der Waals surface area contributed by atoms with Crippen LogP contribution in [0.15, 0.2) is 18.3 Å². The van der Waals surface area contributed by atoms with Gasteiger partial charge in [-0.15, -0.1) is 0 Å². The van der Waals surface area contributed by atoms with Crippen LogP contribution in [0.25, 0.3) is 0 Å². The maximum atomic E-state index is 11.7. The van der Waals surface area contributed by atoms with Crippen molar-refractivity contribution >= 4 is 17.5 Å². The van der Waals surface area contributed by atoms with E-state index in [1.54, 1.807) is 17.2 Å². The van der Waals surface area contributed by atoms with Crippen LogP contribution in [0.5, 0.6) is 0 Å². The van der Waals surface area contributed by atoms with E-state index in [0.717, 1.165) is 18.5 Å². The zero-order valence-corrected chi connectivity index (χ0v) is 8.66. The number of likely N-dealkylation sites (tertiary alicyclic amines) is 1. The first kappa shape index (κ1) is 9.46. The zero-order valence-electron chi connectivity index (χ0n) is 7.90. The van der Waals surface area contributed by atoms with E-state index >= 15 is 0 Å². The summed E-state index contributed by atoms with van der Waals surface area (Å²) in [6.07, 6.45) is 2.56. The molecule has 1 amide bonds. The lowest BCUT2D eigenvalue weighted by Gasteiger charge is -2.09. The van der Waals surface area contributed by atoms with Crippen LogP contribution in [0.1, 0.15) is 17.9 Å². The summed E-state index contributed by atoms with van der Waals surface area (Å²) in [5.41, 5.74) is 0.962. The molecule has 1 aliphatic heterocycles. The summed E-state index contributed by atoms with van der Waals surface area (Å²) in [7, 11) is 1.83. The van der Waals surface area contributed by atoms with Gasteiger partial charge in [-0.2, -0.15) is 0 Å². The van der Waals surface area contributed by atoms with E-state index in [0.29, 0.717) is 5.15 Å². The van der Waals surface area contributed by atoms with Crippen molar-refractivity contribution < 1.29 is 4.79 Å². The lowest BCUT2D eigenvalue weighted by molar-refractivity contribution is -0.127. The van der Waals surface area contributed by atoms with Crippen molar-refractivity contribution in [3.8, 4) is 0 Å². The molecule has 1 aromatic rings. The Hall–Kier alpha value is -1.09. The fourth-order valence-corrected chi connectivity index (χ4v) is 1.84. The van der Waals surface area contributed by atoms with Crippen LogP contribution in [-0.2, 0) is 4.79 Å².